The van der Waals surface area contributed by atoms with E-state index in [1.165, 1.54) is 6.33 Å². The van der Waals surface area contributed by atoms with Gasteiger partial charge in [0.05, 0.1) is 15.7 Å². The maximum atomic E-state index is 6.02. The molecule has 6 heteroatoms. The zero-order valence-corrected chi connectivity index (χ0v) is 9.88. The number of benzene rings is 1. The first-order valence-electron chi connectivity index (χ1n) is 3.70. The van der Waals surface area contributed by atoms with Crippen LogP contribution in [0.5, 0.6) is 0 Å². The zero-order valence-electron chi connectivity index (χ0n) is 6.78. The predicted octanol–water partition coefficient (Wildman–Crippen LogP) is 3.34. The molecule has 0 atom stereocenters. The monoisotopic (exact) mass is 291 g/mol. The summed E-state index contributed by atoms with van der Waals surface area (Å²) >= 11 is 15.1. The van der Waals surface area contributed by atoms with Crippen molar-refractivity contribution < 1.29 is 0 Å². The first kappa shape index (κ1) is 9.96. The summed E-state index contributed by atoms with van der Waals surface area (Å²) in [7, 11) is 0. The molecule has 0 aliphatic heterocycles. The smallest absolute Gasteiger partial charge is 0.199 e. The standard InChI is InChI=1S/C8H4BrCl2N3/c9-8-12-4-13-14(8)6-3-1-2-5(10)7(6)11/h1-4H. The van der Waals surface area contributed by atoms with Crippen LogP contribution in [-0.4, -0.2) is 14.8 Å². The highest BCUT2D eigenvalue weighted by molar-refractivity contribution is 9.10. The summed E-state index contributed by atoms with van der Waals surface area (Å²) in [5.74, 6) is 0. The predicted molar refractivity (Wildman–Crippen MR) is 59.1 cm³/mol. The van der Waals surface area contributed by atoms with Gasteiger partial charge in [0.1, 0.15) is 6.33 Å². The minimum atomic E-state index is 0.459. The average Bonchev–Trinajstić information content (AvgIpc) is 2.57. The van der Waals surface area contributed by atoms with Gasteiger partial charge < -0.3 is 0 Å². The van der Waals surface area contributed by atoms with Crippen molar-refractivity contribution in [3.8, 4) is 5.69 Å². The molecule has 3 nitrogen and oxygen atoms in total. The summed E-state index contributed by atoms with van der Waals surface area (Å²) in [5, 5.41) is 4.95. The molecule has 0 bridgehead atoms. The highest BCUT2D eigenvalue weighted by Gasteiger charge is 2.09. The van der Waals surface area contributed by atoms with Gasteiger partial charge in [0.25, 0.3) is 0 Å². The summed E-state index contributed by atoms with van der Waals surface area (Å²) in [6.45, 7) is 0. The van der Waals surface area contributed by atoms with Gasteiger partial charge in [-0.25, -0.2) is 9.67 Å². The molecule has 0 aliphatic rings. The molecule has 0 radical (unpaired) electrons. The van der Waals surface area contributed by atoms with Gasteiger partial charge in [-0.05, 0) is 28.1 Å². The van der Waals surface area contributed by atoms with Gasteiger partial charge in [0, 0.05) is 0 Å². The van der Waals surface area contributed by atoms with Crippen molar-refractivity contribution in [3.05, 3.63) is 39.3 Å². The van der Waals surface area contributed by atoms with Gasteiger partial charge in [-0.3, -0.25) is 0 Å². The van der Waals surface area contributed by atoms with Gasteiger partial charge in [0.2, 0.25) is 0 Å². The highest BCUT2D eigenvalue weighted by Crippen LogP contribution is 2.29. The summed E-state index contributed by atoms with van der Waals surface area (Å²) in [4.78, 5) is 3.93. The van der Waals surface area contributed by atoms with Crippen molar-refractivity contribution >= 4 is 39.1 Å². The Kier molecular flexibility index (Phi) is 2.76. The third-order valence-corrected chi connectivity index (χ3v) is 3.02. The molecule has 0 saturated heterocycles. The van der Waals surface area contributed by atoms with Gasteiger partial charge in [-0.2, -0.15) is 5.10 Å². The number of hydrogen-bond acceptors (Lipinski definition) is 2. The zero-order chi connectivity index (χ0) is 10.1. The lowest BCUT2D eigenvalue weighted by atomic mass is 10.3. The van der Waals surface area contributed by atoms with Crippen molar-refractivity contribution in [2.75, 3.05) is 0 Å². The molecule has 0 saturated carbocycles. The highest BCUT2D eigenvalue weighted by atomic mass is 79.9. The molecule has 1 aromatic carbocycles. The third kappa shape index (κ3) is 1.65. The second-order valence-electron chi connectivity index (χ2n) is 2.51. The van der Waals surface area contributed by atoms with Crippen LogP contribution in [0.1, 0.15) is 0 Å². The van der Waals surface area contributed by atoms with Gasteiger partial charge >= 0.3 is 0 Å². The van der Waals surface area contributed by atoms with Crippen molar-refractivity contribution in [2.24, 2.45) is 0 Å². The lowest BCUT2D eigenvalue weighted by Crippen LogP contribution is -1.97. The van der Waals surface area contributed by atoms with E-state index in [4.69, 9.17) is 23.2 Å². The van der Waals surface area contributed by atoms with E-state index in [1.54, 1.807) is 16.8 Å². The van der Waals surface area contributed by atoms with Crippen LogP contribution in [0, 0.1) is 0 Å². The Labute approximate surface area is 98.8 Å². The molecule has 2 aromatic rings. The SMILES string of the molecule is Clc1cccc(-n2ncnc2Br)c1Cl. The Balaban J connectivity index is 2.63. The van der Waals surface area contributed by atoms with Crippen molar-refractivity contribution in [1.82, 2.24) is 14.8 Å². The molecule has 0 N–H and O–H groups in total. The number of nitrogens with zero attached hydrogens (tertiary/aromatic N) is 3. The molecule has 72 valence electrons. The topological polar surface area (TPSA) is 30.7 Å². The van der Waals surface area contributed by atoms with Crippen molar-refractivity contribution in [2.45, 2.75) is 0 Å². The molecule has 0 aliphatic carbocycles. The molecule has 2 rings (SSSR count). The maximum Gasteiger partial charge on any atom is 0.199 e. The second-order valence-corrected chi connectivity index (χ2v) is 4.01. The van der Waals surface area contributed by atoms with E-state index >= 15 is 0 Å². The largest absolute Gasteiger partial charge is 0.209 e. The van der Waals surface area contributed by atoms with E-state index in [1.807, 2.05) is 6.07 Å². The van der Waals surface area contributed by atoms with Gasteiger partial charge in [-0.1, -0.05) is 29.3 Å². The number of hydrogen-bond donors (Lipinski definition) is 0. The summed E-state index contributed by atoms with van der Waals surface area (Å²) in [6.07, 6.45) is 1.43. The molecule has 1 aromatic heterocycles. The lowest BCUT2D eigenvalue weighted by molar-refractivity contribution is 0.857. The van der Waals surface area contributed by atoms with Crippen LogP contribution in [0.15, 0.2) is 29.3 Å². The Morgan fingerprint density at radius 2 is 2.07 bits per heavy atom. The summed E-state index contributed by atoms with van der Waals surface area (Å²) < 4.78 is 2.15. The Morgan fingerprint density at radius 3 is 2.71 bits per heavy atom. The fraction of sp³-hybridized carbons (Fsp3) is 0. The fourth-order valence-corrected chi connectivity index (χ4v) is 1.79. The van der Waals surface area contributed by atoms with E-state index in [0.717, 1.165) is 0 Å². The van der Waals surface area contributed by atoms with E-state index in [0.29, 0.717) is 20.5 Å². The second kappa shape index (κ2) is 3.88. The molecule has 1 heterocycles. The normalized spacial score (nSPS) is 10.5. The fourth-order valence-electron chi connectivity index (χ4n) is 1.05. The van der Waals surface area contributed by atoms with Gasteiger partial charge in [0.15, 0.2) is 4.73 Å². The Hall–Kier alpha value is -0.580. The molecular formula is C8H4BrCl2N3. The van der Waals surface area contributed by atoms with Crippen LogP contribution in [0.2, 0.25) is 10.0 Å². The van der Waals surface area contributed by atoms with E-state index < -0.39 is 0 Å². The first-order chi connectivity index (χ1) is 6.70. The van der Waals surface area contributed by atoms with Crippen LogP contribution in [0.3, 0.4) is 0 Å². The Bertz CT molecular complexity index is 469. The van der Waals surface area contributed by atoms with Gasteiger partial charge in [-0.15, -0.1) is 0 Å². The third-order valence-electron chi connectivity index (χ3n) is 1.67. The molecule has 0 fully saturated rings. The molecule has 0 unspecified atom stereocenters. The van der Waals surface area contributed by atoms with E-state index in [9.17, 15) is 0 Å². The summed E-state index contributed by atoms with van der Waals surface area (Å²) in [6, 6.07) is 5.34. The van der Waals surface area contributed by atoms with Crippen molar-refractivity contribution in [1.29, 1.82) is 0 Å². The summed E-state index contributed by atoms with van der Waals surface area (Å²) in [5.41, 5.74) is 0.698. The van der Waals surface area contributed by atoms with Crippen LogP contribution in [-0.2, 0) is 0 Å². The number of rotatable bonds is 1. The van der Waals surface area contributed by atoms with Crippen LogP contribution in [0.25, 0.3) is 5.69 Å². The maximum absolute atomic E-state index is 6.02. The minimum absolute atomic E-state index is 0.459. The molecule has 14 heavy (non-hydrogen) atoms. The van der Waals surface area contributed by atoms with Crippen LogP contribution >= 0.6 is 39.1 Å². The molecular weight excluding hydrogens is 289 g/mol. The quantitative estimate of drug-likeness (QED) is 0.807. The number of aromatic nitrogens is 3. The van der Waals surface area contributed by atoms with Crippen LogP contribution < -0.4 is 0 Å². The first-order valence-corrected chi connectivity index (χ1v) is 5.25. The Morgan fingerprint density at radius 1 is 1.29 bits per heavy atom. The van der Waals surface area contributed by atoms with Crippen LogP contribution in [0.4, 0.5) is 0 Å². The minimum Gasteiger partial charge on any atom is -0.209 e. The molecule has 0 amide bonds. The van der Waals surface area contributed by atoms with E-state index in [2.05, 4.69) is 26.0 Å². The van der Waals surface area contributed by atoms with Crippen molar-refractivity contribution in [3.63, 3.8) is 0 Å². The van der Waals surface area contributed by atoms with E-state index in [-0.39, 0.29) is 0 Å². The number of halogens is 3. The average molecular weight is 293 g/mol. The lowest BCUT2D eigenvalue weighted by Gasteiger charge is -2.05. The molecule has 0 spiro atoms.